The molecule has 24 heavy (non-hydrogen) atoms. The monoisotopic (exact) mass is 365 g/mol. The fraction of sp³-hybridized carbons (Fsp3) is 0.278. The second-order valence-electron chi connectivity index (χ2n) is 5.20. The summed E-state index contributed by atoms with van der Waals surface area (Å²) in [6.45, 7) is 2.86. The summed E-state index contributed by atoms with van der Waals surface area (Å²) in [5, 5.41) is 13.2. The van der Waals surface area contributed by atoms with Gasteiger partial charge < -0.3 is 15.2 Å². The maximum absolute atomic E-state index is 11.4. The number of anilines is 1. The third-order valence-electron chi connectivity index (χ3n) is 3.40. The lowest BCUT2D eigenvalue weighted by Gasteiger charge is -2.17. The highest BCUT2D eigenvalue weighted by atomic mass is 35.5. The molecular weight excluding hydrogens is 346 g/mol. The van der Waals surface area contributed by atoms with E-state index in [9.17, 15) is 9.90 Å². The molecule has 0 aromatic heterocycles. The van der Waals surface area contributed by atoms with E-state index in [0.717, 1.165) is 24.3 Å². The topological polar surface area (TPSA) is 58.6 Å². The fourth-order valence-corrected chi connectivity index (χ4v) is 2.84. The summed E-state index contributed by atoms with van der Waals surface area (Å²) in [5.41, 5.74) is 0.921. The maximum atomic E-state index is 11.4. The molecule has 0 atom stereocenters. The van der Waals surface area contributed by atoms with Crippen LogP contribution in [-0.4, -0.2) is 23.9 Å². The van der Waals surface area contributed by atoms with Crippen LogP contribution in [0.4, 0.5) is 5.69 Å². The molecule has 0 aliphatic rings. The quantitative estimate of drug-likeness (QED) is 0.459. The molecule has 2 aromatic carbocycles. The van der Waals surface area contributed by atoms with Gasteiger partial charge in [0.2, 0.25) is 0 Å². The molecule has 0 aliphatic carbocycles. The predicted molar refractivity (Wildman–Crippen MR) is 100 cm³/mol. The molecule has 6 heteroatoms. The smallest absolute Gasteiger partial charge is 0.335 e. The zero-order valence-electron chi connectivity index (χ0n) is 13.6. The number of benzene rings is 2. The van der Waals surface area contributed by atoms with Gasteiger partial charge in [0, 0.05) is 11.6 Å². The van der Waals surface area contributed by atoms with Gasteiger partial charge in [-0.15, -0.1) is 11.8 Å². The van der Waals surface area contributed by atoms with Crippen molar-refractivity contribution in [2.24, 2.45) is 0 Å². The normalized spacial score (nSPS) is 10.5. The number of hydrogen-bond donors (Lipinski definition) is 2. The molecule has 0 saturated heterocycles. The van der Waals surface area contributed by atoms with Crippen LogP contribution in [0.2, 0.25) is 5.02 Å². The van der Waals surface area contributed by atoms with Gasteiger partial charge in [-0.1, -0.05) is 24.9 Å². The van der Waals surface area contributed by atoms with Crippen LogP contribution in [0.1, 0.15) is 30.1 Å². The van der Waals surface area contributed by atoms with Crippen LogP contribution in [0.25, 0.3) is 0 Å². The molecule has 2 N–H and O–H groups in total. The Labute approximate surface area is 151 Å². The van der Waals surface area contributed by atoms with E-state index in [1.807, 2.05) is 6.26 Å². The first kappa shape index (κ1) is 18.5. The summed E-state index contributed by atoms with van der Waals surface area (Å²) in [6, 6.07) is 10.3. The van der Waals surface area contributed by atoms with Gasteiger partial charge in [-0.25, -0.2) is 4.79 Å². The van der Waals surface area contributed by atoms with Crippen molar-refractivity contribution in [2.75, 3.05) is 18.1 Å². The van der Waals surface area contributed by atoms with Crippen LogP contribution in [-0.2, 0) is 0 Å². The Kier molecular flexibility index (Phi) is 6.82. The Bertz CT molecular complexity index is 704. The van der Waals surface area contributed by atoms with E-state index in [0.29, 0.717) is 22.2 Å². The first-order valence-corrected chi connectivity index (χ1v) is 9.28. The number of nitrogens with one attached hydrogen (secondary N) is 1. The molecule has 0 heterocycles. The zero-order chi connectivity index (χ0) is 17.5. The summed E-state index contributed by atoms with van der Waals surface area (Å²) in [6.07, 6.45) is 3.94. The van der Waals surface area contributed by atoms with Crippen LogP contribution < -0.4 is 10.1 Å². The Morgan fingerprint density at radius 3 is 2.58 bits per heavy atom. The third kappa shape index (κ3) is 4.82. The number of thioether (sulfide) groups is 1. The lowest BCUT2D eigenvalue weighted by Crippen LogP contribution is -2.06. The van der Waals surface area contributed by atoms with Crippen LogP contribution >= 0.6 is 23.4 Å². The lowest BCUT2D eigenvalue weighted by atomic mass is 10.1. The van der Waals surface area contributed by atoms with E-state index < -0.39 is 5.97 Å². The number of unbranched alkanes of at least 4 members (excludes halogenated alkanes) is 1. The summed E-state index contributed by atoms with van der Waals surface area (Å²) in [7, 11) is 0. The number of ether oxygens (including phenoxy) is 1. The molecule has 128 valence electrons. The van der Waals surface area contributed by atoms with E-state index in [1.54, 1.807) is 36.4 Å². The van der Waals surface area contributed by atoms with Gasteiger partial charge in [0.25, 0.3) is 0 Å². The minimum absolute atomic E-state index is 0.238. The lowest BCUT2D eigenvalue weighted by molar-refractivity contribution is 0.0696. The van der Waals surface area contributed by atoms with Crippen LogP contribution in [0.5, 0.6) is 11.5 Å². The van der Waals surface area contributed by atoms with Crippen molar-refractivity contribution in [3.05, 3.63) is 47.0 Å². The molecule has 0 amide bonds. The molecule has 0 saturated carbocycles. The minimum Gasteiger partial charge on any atom is -0.478 e. The standard InChI is InChI=1S/C18H20ClNO3S/c1-3-4-9-20-15-10-12(18(21)22)11-16(24-2)17(15)23-14-7-5-13(19)6-8-14/h5-8,10-11,20H,3-4,9H2,1-2H3,(H,21,22). The molecule has 0 fully saturated rings. The highest BCUT2D eigenvalue weighted by molar-refractivity contribution is 7.98. The molecule has 0 aliphatic heterocycles. The molecule has 0 unspecified atom stereocenters. The summed E-state index contributed by atoms with van der Waals surface area (Å²) < 4.78 is 6.02. The Morgan fingerprint density at radius 2 is 2.00 bits per heavy atom. The van der Waals surface area contributed by atoms with Crippen molar-refractivity contribution in [1.82, 2.24) is 0 Å². The molecular formula is C18H20ClNO3S. The number of rotatable bonds is 8. The molecule has 0 bridgehead atoms. The van der Waals surface area contributed by atoms with Crippen molar-refractivity contribution in [3.63, 3.8) is 0 Å². The van der Waals surface area contributed by atoms with Crippen LogP contribution in [0.3, 0.4) is 0 Å². The van der Waals surface area contributed by atoms with Gasteiger partial charge >= 0.3 is 5.97 Å². The van der Waals surface area contributed by atoms with Crippen molar-refractivity contribution in [3.8, 4) is 11.5 Å². The van der Waals surface area contributed by atoms with E-state index in [1.165, 1.54) is 11.8 Å². The Balaban J connectivity index is 2.40. The molecule has 0 radical (unpaired) electrons. The maximum Gasteiger partial charge on any atom is 0.335 e. The van der Waals surface area contributed by atoms with E-state index in [2.05, 4.69) is 12.2 Å². The molecule has 2 aromatic rings. The number of aromatic carboxylic acids is 1. The highest BCUT2D eigenvalue weighted by Gasteiger charge is 2.16. The molecule has 4 nitrogen and oxygen atoms in total. The van der Waals surface area contributed by atoms with E-state index in [-0.39, 0.29) is 5.56 Å². The molecule has 2 rings (SSSR count). The minimum atomic E-state index is -0.957. The van der Waals surface area contributed by atoms with Crippen molar-refractivity contribution in [2.45, 2.75) is 24.7 Å². The SMILES string of the molecule is CCCCNc1cc(C(=O)O)cc(SC)c1Oc1ccc(Cl)cc1. The average molecular weight is 366 g/mol. The number of halogens is 1. The number of carbonyl (C=O) groups is 1. The summed E-state index contributed by atoms with van der Waals surface area (Å²) in [5.74, 6) is 0.323. The second-order valence-corrected chi connectivity index (χ2v) is 6.48. The summed E-state index contributed by atoms with van der Waals surface area (Å²) >= 11 is 7.36. The Morgan fingerprint density at radius 1 is 1.29 bits per heavy atom. The van der Waals surface area contributed by atoms with Gasteiger partial charge in [0.15, 0.2) is 5.75 Å². The first-order chi connectivity index (χ1) is 11.5. The first-order valence-electron chi connectivity index (χ1n) is 7.67. The van der Waals surface area contributed by atoms with Gasteiger partial charge in [-0.3, -0.25) is 0 Å². The Hall–Kier alpha value is -1.85. The van der Waals surface area contributed by atoms with Crippen LogP contribution in [0, 0.1) is 0 Å². The van der Waals surface area contributed by atoms with E-state index >= 15 is 0 Å². The number of carboxylic acids is 1. The number of hydrogen-bond acceptors (Lipinski definition) is 4. The van der Waals surface area contributed by atoms with Crippen molar-refractivity contribution < 1.29 is 14.6 Å². The third-order valence-corrected chi connectivity index (χ3v) is 4.40. The predicted octanol–water partition coefficient (Wildman–Crippen LogP) is 5.76. The van der Waals surface area contributed by atoms with Crippen molar-refractivity contribution in [1.29, 1.82) is 0 Å². The number of carboxylic acid groups (broad SMARTS) is 1. The van der Waals surface area contributed by atoms with E-state index in [4.69, 9.17) is 16.3 Å². The fourth-order valence-electron chi connectivity index (χ4n) is 2.13. The van der Waals surface area contributed by atoms with Crippen LogP contribution in [0.15, 0.2) is 41.3 Å². The van der Waals surface area contributed by atoms with Crippen molar-refractivity contribution >= 4 is 35.0 Å². The zero-order valence-corrected chi connectivity index (χ0v) is 15.2. The molecule has 0 spiro atoms. The second kappa shape index (κ2) is 8.85. The largest absolute Gasteiger partial charge is 0.478 e. The summed E-state index contributed by atoms with van der Waals surface area (Å²) in [4.78, 5) is 12.1. The van der Waals surface area contributed by atoms with Gasteiger partial charge in [0.1, 0.15) is 5.75 Å². The highest BCUT2D eigenvalue weighted by Crippen LogP contribution is 2.39. The average Bonchev–Trinajstić information content (AvgIpc) is 2.57. The van der Waals surface area contributed by atoms with Gasteiger partial charge in [0.05, 0.1) is 16.1 Å². The van der Waals surface area contributed by atoms with Gasteiger partial charge in [-0.05, 0) is 49.1 Å². The van der Waals surface area contributed by atoms with Gasteiger partial charge in [-0.2, -0.15) is 0 Å².